The number of hydrogen-bond donors (Lipinski definition) is 2. The van der Waals surface area contributed by atoms with Crippen LogP contribution in [0.3, 0.4) is 0 Å². The van der Waals surface area contributed by atoms with Crippen molar-refractivity contribution >= 4 is 5.91 Å². The molecule has 2 unspecified atom stereocenters. The molecule has 25 heavy (non-hydrogen) atoms. The maximum Gasteiger partial charge on any atom is 0.239 e. The van der Waals surface area contributed by atoms with E-state index in [0.717, 1.165) is 24.8 Å². The quantitative estimate of drug-likeness (QED) is 0.816. The molecule has 2 aromatic carbocycles. The molecule has 0 heterocycles. The molecule has 4 heteroatoms. The molecular weight excluding hydrogens is 312 g/mol. The molecule has 2 aromatic rings. The van der Waals surface area contributed by atoms with Crippen LogP contribution in [0, 0.1) is 0 Å². The number of likely N-dealkylation sites (N-methyl/N-ethyl adjacent to an activating group) is 1. The second kappa shape index (κ2) is 8.79. The van der Waals surface area contributed by atoms with Gasteiger partial charge in [-0.05, 0) is 43.0 Å². The molecule has 2 N–H and O–H groups in total. The summed E-state index contributed by atoms with van der Waals surface area (Å²) in [4.78, 5) is 12.6. The first-order chi connectivity index (χ1) is 12.3. The van der Waals surface area contributed by atoms with Crippen molar-refractivity contribution in [1.82, 2.24) is 10.6 Å². The van der Waals surface area contributed by atoms with Crippen LogP contribution in [0.1, 0.15) is 35.6 Å². The second-order valence-corrected chi connectivity index (χ2v) is 6.49. The molecule has 4 nitrogen and oxygen atoms in total. The topological polar surface area (TPSA) is 50.4 Å². The van der Waals surface area contributed by atoms with E-state index in [9.17, 15) is 4.79 Å². The molecule has 1 aliphatic carbocycles. The highest BCUT2D eigenvalue weighted by atomic mass is 16.5. The fraction of sp³-hybridized carbons (Fsp3) is 0.381. The second-order valence-electron chi connectivity index (χ2n) is 6.49. The van der Waals surface area contributed by atoms with E-state index < -0.39 is 0 Å². The smallest absolute Gasteiger partial charge is 0.239 e. The van der Waals surface area contributed by atoms with Gasteiger partial charge in [-0.3, -0.25) is 4.79 Å². The Balaban J connectivity index is 1.54. The number of ether oxygens (including phenoxy) is 1. The minimum Gasteiger partial charge on any atom is -0.375 e. The number of amides is 1. The average Bonchev–Trinajstić information content (AvgIpc) is 2.66. The van der Waals surface area contributed by atoms with Crippen molar-refractivity contribution in [2.45, 2.75) is 38.0 Å². The SMILES string of the molecule is CNC(COCc1ccccc1)C(=O)NC1CCCc2ccccc21. The summed E-state index contributed by atoms with van der Waals surface area (Å²) in [5, 5.41) is 6.26. The Kier molecular flexibility index (Phi) is 6.20. The fourth-order valence-corrected chi connectivity index (χ4v) is 3.34. The van der Waals surface area contributed by atoms with Crippen LogP contribution in [-0.2, 0) is 22.6 Å². The van der Waals surface area contributed by atoms with Gasteiger partial charge in [0.05, 0.1) is 19.3 Å². The van der Waals surface area contributed by atoms with Crippen molar-refractivity contribution in [2.24, 2.45) is 0 Å². The summed E-state index contributed by atoms with van der Waals surface area (Å²) in [6.07, 6.45) is 3.19. The van der Waals surface area contributed by atoms with E-state index >= 15 is 0 Å². The van der Waals surface area contributed by atoms with E-state index in [0.29, 0.717) is 13.2 Å². The Bertz CT molecular complexity index is 687. The third-order valence-corrected chi connectivity index (χ3v) is 4.75. The summed E-state index contributed by atoms with van der Waals surface area (Å²) in [6, 6.07) is 18.1. The Morgan fingerprint density at radius 3 is 2.72 bits per heavy atom. The zero-order chi connectivity index (χ0) is 17.5. The van der Waals surface area contributed by atoms with Crippen molar-refractivity contribution in [3.63, 3.8) is 0 Å². The summed E-state index contributed by atoms with van der Waals surface area (Å²) in [6.45, 7) is 0.865. The van der Waals surface area contributed by atoms with E-state index in [4.69, 9.17) is 4.74 Å². The highest BCUT2D eigenvalue weighted by molar-refractivity contribution is 5.82. The van der Waals surface area contributed by atoms with Crippen molar-refractivity contribution in [3.05, 3.63) is 71.3 Å². The van der Waals surface area contributed by atoms with E-state index in [1.54, 1.807) is 7.05 Å². The molecule has 0 fully saturated rings. The van der Waals surface area contributed by atoms with Gasteiger partial charge in [-0.1, -0.05) is 54.6 Å². The number of hydrogen-bond acceptors (Lipinski definition) is 3. The number of aryl methyl sites for hydroxylation is 1. The number of carbonyl (C=O) groups excluding carboxylic acids is 1. The largest absolute Gasteiger partial charge is 0.375 e. The number of benzene rings is 2. The molecule has 0 bridgehead atoms. The summed E-state index contributed by atoms with van der Waals surface area (Å²) < 4.78 is 5.73. The standard InChI is InChI=1S/C21H26N2O2/c1-22-20(15-25-14-16-8-3-2-4-9-16)21(24)23-19-13-7-11-17-10-5-6-12-18(17)19/h2-6,8-10,12,19-20,22H,7,11,13-15H2,1H3,(H,23,24). The lowest BCUT2D eigenvalue weighted by molar-refractivity contribution is -0.125. The van der Waals surface area contributed by atoms with Gasteiger partial charge in [-0.15, -0.1) is 0 Å². The molecule has 0 saturated carbocycles. The van der Waals surface area contributed by atoms with Crippen molar-refractivity contribution < 1.29 is 9.53 Å². The lowest BCUT2D eigenvalue weighted by Gasteiger charge is -2.28. The van der Waals surface area contributed by atoms with Crippen LogP contribution < -0.4 is 10.6 Å². The normalized spacial score (nSPS) is 17.6. The Morgan fingerprint density at radius 1 is 1.16 bits per heavy atom. The number of fused-ring (bicyclic) bond motifs is 1. The van der Waals surface area contributed by atoms with E-state index in [-0.39, 0.29) is 18.0 Å². The predicted molar refractivity (Wildman–Crippen MR) is 99.2 cm³/mol. The zero-order valence-electron chi connectivity index (χ0n) is 14.7. The number of nitrogens with one attached hydrogen (secondary N) is 2. The maximum atomic E-state index is 12.6. The molecular formula is C21H26N2O2. The van der Waals surface area contributed by atoms with Crippen LogP contribution in [0.2, 0.25) is 0 Å². The van der Waals surface area contributed by atoms with Crippen molar-refractivity contribution in [2.75, 3.05) is 13.7 Å². The zero-order valence-corrected chi connectivity index (χ0v) is 14.7. The lowest BCUT2D eigenvalue weighted by Crippen LogP contribution is -2.47. The molecule has 1 amide bonds. The first-order valence-electron chi connectivity index (χ1n) is 8.95. The average molecular weight is 338 g/mol. The first-order valence-corrected chi connectivity index (χ1v) is 8.95. The van der Waals surface area contributed by atoms with Gasteiger partial charge >= 0.3 is 0 Å². The van der Waals surface area contributed by atoms with E-state index in [1.807, 2.05) is 36.4 Å². The molecule has 2 atom stereocenters. The van der Waals surface area contributed by atoms with Crippen LogP contribution in [0.5, 0.6) is 0 Å². The minimum atomic E-state index is -0.349. The first kappa shape index (κ1) is 17.6. The molecule has 1 aliphatic rings. The molecule has 0 spiro atoms. The van der Waals surface area contributed by atoms with Gasteiger partial charge in [0.15, 0.2) is 0 Å². The summed E-state index contributed by atoms with van der Waals surface area (Å²) >= 11 is 0. The molecule has 0 aromatic heterocycles. The van der Waals surface area contributed by atoms with Crippen molar-refractivity contribution in [3.8, 4) is 0 Å². The number of rotatable bonds is 7. The van der Waals surface area contributed by atoms with Gasteiger partial charge in [0.25, 0.3) is 0 Å². The maximum absolute atomic E-state index is 12.6. The van der Waals surface area contributed by atoms with Crippen LogP contribution in [0.4, 0.5) is 0 Å². The van der Waals surface area contributed by atoms with Crippen LogP contribution >= 0.6 is 0 Å². The van der Waals surface area contributed by atoms with Gasteiger partial charge in [-0.25, -0.2) is 0 Å². The lowest BCUT2D eigenvalue weighted by atomic mass is 9.87. The molecule has 0 saturated heterocycles. The molecule has 0 aliphatic heterocycles. The number of carbonyl (C=O) groups is 1. The summed E-state index contributed by atoms with van der Waals surface area (Å²) in [7, 11) is 1.80. The molecule has 3 rings (SSSR count). The van der Waals surface area contributed by atoms with E-state index in [1.165, 1.54) is 11.1 Å². The van der Waals surface area contributed by atoms with Gasteiger partial charge in [0.2, 0.25) is 5.91 Å². The Labute approximate surface area is 149 Å². The van der Waals surface area contributed by atoms with Gasteiger partial charge < -0.3 is 15.4 Å². The minimum absolute atomic E-state index is 0.00253. The molecule has 132 valence electrons. The highest BCUT2D eigenvalue weighted by Gasteiger charge is 2.24. The van der Waals surface area contributed by atoms with Crippen LogP contribution in [0.25, 0.3) is 0 Å². The molecule has 0 radical (unpaired) electrons. The predicted octanol–water partition coefficient (Wildman–Crippen LogP) is 2.99. The summed E-state index contributed by atoms with van der Waals surface area (Å²) in [5.41, 5.74) is 3.71. The van der Waals surface area contributed by atoms with Gasteiger partial charge in [-0.2, -0.15) is 0 Å². The van der Waals surface area contributed by atoms with Crippen LogP contribution in [-0.4, -0.2) is 25.6 Å². The van der Waals surface area contributed by atoms with Crippen molar-refractivity contribution in [1.29, 1.82) is 0 Å². The Morgan fingerprint density at radius 2 is 1.92 bits per heavy atom. The fourth-order valence-electron chi connectivity index (χ4n) is 3.34. The Hall–Kier alpha value is -2.17. The van der Waals surface area contributed by atoms with Crippen LogP contribution in [0.15, 0.2) is 54.6 Å². The van der Waals surface area contributed by atoms with Gasteiger partial charge in [0, 0.05) is 0 Å². The van der Waals surface area contributed by atoms with E-state index in [2.05, 4.69) is 28.8 Å². The highest BCUT2D eigenvalue weighted by Crippen LogP contribution is 2.29. The summed E-state index contributed by atoms with van der Waals surface area (Å²) in [5.74, 6) is -0.00253. The third kappa shape index (κ3) is 4.68. The van der Waals surface area contributed by atoms with Gasteiger partial charge in [0.1, 0.15) is 6.04 Å². The monoisotopic (exact) mass is 338 g/mol. The third-order valence-electron chi connectivity index (χ3n) is 4.75.